The topological polar surface area (TPSA) is 106 Å². The van der Waals surface area contributed by atoms with E-state index in [1.807, 2.05) is 33.2 Å². The number of aromatic hydroxyl groups is 1. The van der Waals surface area contributed by atoms with Crippen LogP contribution in [-0.2, 0) is 36.1 Å². The Morgan fingerprint density at radius 3 is 2.90 bits per heavy atom. The molecule has 0 amide bonds. The number of carbonyl (C=O) groups excluding carboxylic acids is 1. The van der Waals surface area contributed by atoms with Crippen molar-refractivity contribution in [2.75, 3.05) is 13.2 Å². The molecule has 1 N–H and O–H groups in total. The SMILES string of the molecule is CCOC(=O)CC(c1cc(CN2Cc3nc(O)ccc3C[C@H](CC)C2)c2sccc2c1)c1cnc2c(nnn2C)c1C. The van der Waals surface area contributed by atoms with Crippen molar-refractivity contribution in [1.82, 2.24) is 29.9 Å². The third kappa shape index (κ3) is 5.48. The molecule has 1 aromatic carbocycles. The molecule has 42 heavy (non-hydrogen) atoms. The molecule has 6 rings (SSSR count). The highest BCUT2D eigenvalue weighted by molar-refractivity contribution is 7.17. The van der Waals surface area contributed by atoms with Crippen molar-refractivity contribution < 1.29 is 14.6 Å². The van der Waals surface area contributed by atoms with Crippen LogP contribution in [0.4, 0.5) is 0 Å². The summed E-state index contributed by atoms with van der Waals surface area (Å²) in [7, 11) is 1.83. The van der Waals surface area contributed by atoms with E-state index >= 15 is 0 Å². The summed E-state index contributed by atoms with van der Waals surface area (Å²) in [4.78, 5) is 24.6. The first-order valence-corrected chi connectivity index (χ1v) is 15.4. The second-order valence-corrected chi connectivity index (χ2v) is 12.1. The van der Waals surface area contributed by atoms with Crippen molar-refractivity contribution in [2.24, 2.45) is 13.0 Å². The molecule has 1 aliphatic rings. The summed E-state index contributed by atoms with van der Waals surface area (Å²) < 4.78 is 8.34. The van der Waals surface area contributed by atoms with Gasteiger partial charge in [-0.25, -0.2) is 14.6 Å². The van der Waals surface area contributed by atoms with E-state index in [1.165, 1.54) is 15.8 Å². The van der Waals surface area contributed by atoms with Crippen LogP contribution in [0.3, 0.4) is 0 Å². The minimum absolute atomic E-state index is 0.0668. The lowest BCUT2D eigenvalue weighted by Crippen LogP contribution is -2.27. The summed E-state index contributed by atoms with van der Waals surface area (Å²) in [6.07, 6.45) is 4.10. The second-order valence-electron chi connectivity index (χ2n) is 11.2. The number of aryl methyl sites for hydroxylation is 2. The van der Waals surface area contributed by atoms with Crippen LogP contribution in [0.25, 0.3) is 21.3 Å². The Morgan fingerprint density at radius 2 is 2.10 bits per heavy atom. The van der Waals surface area contributed by atoms with E-state index < -0.39 is 0 Å². The maximum atomic E-state index is 12.9. The molecular weight excluding hydrogens is 548 g/mol. The molecule has 0 fully saturated rings. The number of hydrogen-bond acceptors (Lipinski definition) is 9. The first kappa shape index (κ1) is 28.2. The summed E-state index contributed by atoms with van der Waals surface area (Å²) in [6.45, 7) is 8.80. The van der Waals surface area contributed by atoms with Crippen molar-refractivity contribution in [3.05, 3.63) is 75.4 Å². The van der Waals surface area contributed by atoms with Crippen LogP contribution in [0.2, 0.25) is 0 Å². The van der Waals surface area contributed by atoms with Gasteiger partial charge in [-0.05, 0) is 76.9 Å². The van der Waals surface area contributed by atoms with Crippen LogP contribution in [0.5, 0.6) is 5.88 Å². The van der Waals surface area contributed by atoms with Gasteiger partial charge in [-0.2, -0.15) is 0 Å². The van der Waals surface area contributed by atoms with Crippen molar-refractivity contribution in [3.8, 4) is 5.88 Å². The van der Waals surface area contributed by atoms with E-state index in [4.69, 9.17) is 4.74 Å². The third-order valence-corrected chi connectivity index (χ3v) is 9.44. The molecule has 9 nitrogen and oxygen atoms in total. The number of ether oxygens (including phenoxy) is 1. The van der Waals surface area contributed by atoms with Crippen LogP contribution in [0.15, 0.2) is 41.9 Å². The molecule has 0 bridgehead atoms. The molecule has 1 unspecified atom stereocenters. The number of fused-ring (bicyclic) bond motifs is 3. The van der Waals surface area contributed by atoms with Crippen LogP contribution < -0.4 is 0 Å². The third-order valence-electron chi connectivity index (χ3n) is 8.44. The number of rotatable bonds is 8. The summed E-state index contributed by atoms with van der Waals surface area (Å²) in [5.41, 5.74) is 7.81. The lowest BCUT2D eigenvalue weighted by Gasteiger charge is -2.25. The van der Waals surface area contributed by atoms with Crippen molar-refractivity contribution in [3.63, 3.8) is 0 Å². The number of aromatic nitrogens is 5. The van der Waals surface area contributed by atoms with Gasteiger partial charge in [0.1, 0.15) is 5.52 Å². The van der Waals surface area contributed by atoms with Gasteiger partial charge in [-0.1, -0.05) is 30.7 Å². The van der Waals surface area contributed by atoms with Gasteiger partial charge in [0.15, 0.2) is 5.65 Å². The average Bonchev–Trinajstić information content (AvgIpc) is 3.56. The number of benzene rings is 1. The first-order chi connectivity index (χ1) is 20.3. The Morgan fingerprint density at radius 1 is 1.24 bits per heavy atom. The predicted octanol–water partition coefficient (Wildman–Crippen LogP) is 5.66. The lowest BCUT2D eigenvalue weighted by atomic mass is 9.85. The fourth-order valence-electron chi connectivity index (χ4n) is 6.24. The highest BCUT2D eigenvalue weighted by Crippen LogP contribution is 2.37. The van der Waals surface area contributed by atoms with E-state index in [1.54, 1.807) is 22.1 Å². The van der Waals surface area contributed by atoms with Crippen LogP contribution in [-0.4, -0.2) is 54.1 Å². The molecule has 0 saturated carbocycles. The van der Waals surface area contributed by atoms with Crippen molar-refractivity contribution in [1.29, 1.82) is 0 Å². The number of thiophene rings is 1. The highest BCUT2D eigenvalue weighted by Gasteiger charge is 2.27. The molecule has 5 heterocycles. The molecular formula is C32H36N6O3S. The molecule has 5 aromatic rings. The number of hydrogen-bond donors (Lipinski definition) is 1. The summed E-state index contributed by atoms with van der Waals surface area (Å²) in [6, 6.07) is 10.3. The quantitative estimate of drug-likeness (QED) is 0.233. The number of nitrogens with zero attached hydrogens (tertiary/aromatic N) is 6. The molecule has 10 heteroatoms. The Balaban J connectivity index is 1.42. The van der Waals surface area contributed by atoms with E-state index in [-0.39, 0.29) is 24.2 Å². The minimum Gasteiger partial charge on any atom is -0.493 e. The van der Waals surface area contributed by atoms with E-state index in [0.29, 0.717) is 24.7 Å². The van der Waals surface area contributed by atoms with E-state index in [0.717, 1.165) is 59.2 Å². The van der Waals surface area contributed by atoms with Crippen LogP contribution in [0, 0.1) is 12.8 Å². The second kappa shape index (κ2) is 11.8. The van der Waals surface area contributed by atoms with Crippen LogP contribution >= 0.6 is 11.3 Å². The first-order valence-electron chi connectivity index (χ1n) is 14.5. The summed E-state index contributed by atoms with van der Waals surface area (Å²) >= 11 is 1.74. The van der Waals surface area contributed by atoms with E-state index in [9.17, 15) is 9.90 Å². The maximum absolute atomic E-state index is 12.9. The van der Waals surface area contributed by atoms with Gasteiger partial charge < -0.3 is 9.84 Å². The Bertz CT molecular complexity index is 1760. The molecule has 2 atom stereocenters. The van der Waals surface area contributed by atoms with Gasteiger partial charge in [-0.3, -0.25) is 9.69 Å². The smallest absolute Gasteiger partial charge is 0.306 e. The predicted molar refractivity (Wildman–Crippen MR) is 163 cm³/mol. The minimum atomic E-state index is -0.252. The average molecular weight is 585 g/mol. The zero-order valence-corrected chi connectivity index (χ0v) is 25.3. The zero-order valence-electron chi connectivity index (χ0n) is 24.5. The fraction of sp³-hybridized carbons (Fsp3) is 0.406. The molecule has 4 aromatic heterocycles. The molecule has 218 valence electrons. The summed E-state index contributed by atoms with van der Waals surface area (Å²) in [5, 5.41) is 21.9. The molecule has 0 saturated heterocycles. The highest BCUT2D eigenvalue weighted by atomic mass is 32.1. The summed E-state index contributed by atoms with van der Waals surface area (Å²) in [5.74, 6) is 0.0764. The van der Waals surface area contributed by atoms with Crippen molar-refractivity contribution in [2.45, 2.75) is 59.0 Å². The zero-order chi connectivity index (χ0) is 29.4. The van der Waals surface area contributed by atoms with Crippen LogP contribution in [0.1, 0.15) is 66.1 Å². The Kier molecular flexibility index (Phi) is 7.92. The number of carbonyl (C=O) groups is 1. The van der Waals surface area contributed by atoms with Gasteiger partial charge >= 0.3 is 5.97 Å². The number of esters is 1. The molecule has 1 aliphatic heterocycles. The van der Waals surface area contributed by atoms with Crippen molar-refractivity contribution >= 4 is 38.6 Å². The van der Waals surface area contributed by atoms with E-state index in [2.05, 4.69) is 55.7 Å². The van der Waals surface area contributed by atoms with Gasteiger partial charge in [0, 0.05) is 49.6 Å². The number of pyridine rings is 2. The standard InChI is InChI=1S/C32H36N6O3S/c1-5-20-11-21-7-8-28(39)34-27(21)18-38(16-20)17-24-13-23(12-22-9-10-42-31(22)24)25(14-29(40)41-6-2)26-15-33-32-30(19(26)3)35-36-37(32)4/h7-10,12-13,15,20,25H,5-6,11,14,16-18H2,1-4H3,(H,34,39)/t20-,25?/m0/s1. The van der Waals surface area contributed by atoms with Gasteiger partial charge in [-0.15, -0.1) is 16.4 Å². The van der Waals surface area contributed by atoms with Gasteiger partial charge in [0.25, 0.3) is 0 Å². The Hall–Kier alpha value is -3.89. The lowest BCUT2D eigenvalue weighted by molar-refractivity contribution is -0.143. The molecule has 0 radical (unpaired) electrons. The normalized spacial score (nSPS) is 16.4. The fourth-order valence-corrected chi connectivity index (χ4v) is 7.13. The van der Waals surface area contributed by atoms with Gasteiger partial charge in [0.2, 0.25) is 5.88 Å². The monoisotopic (exact) mass is 584 g/mol. The Labute approximate surface area is 249 Å². The maximum Gasteiger partial charge on any atom is 0.306 e. The van der Waals surface area contributed by atoms with Gasteiger partial charge in [0.05, 0.1) is 18.7 Å². The molecule has 0 spiro atoms. The largest absolute Gasteiger partial charge is 0.493 e. The molecule has 0 aliphatic carbocycles.